The molecule has 0 fully saturated rings. The van der Waals surface area contributed by atoms with Crippen LogP contribution in [0.3, 0.4) is 0 Å². The van der Waals surface area contributed by atoms with E-state index in [1.54, 1.807) is 0 Å². The van der Waals surface area contributed by atoms with Crippen molar-refractivity contribution >= 4 is 43.6 Å². The molecular formula is C46H50N2O2. The van der Waals surface area contributed by atoms with Gasteiger partial charge in [0, 0.05) is 55.2 Å². The highest BCUT2D eigenvalue weighted by molar-refractivity contribution is 6.19. The van der Waals surface area contributed by atoms with Crippen molar-refractivity contribution in [1.29, 1.82) is 0 Å². The van der Waals surface area contributed by atoms with Gasteiger partial charge in [-0.1, -0.05) is 119 Å². The maximum atomic E-state index is 13.9. The third kappa shape index (κ3) is 5.27. The first-order valence-corrected chi connectivity index (χ1v) is 17.9. The van der Waals surface area contributed by atoms with E-state index < -0.39 is 0 Å². The van der Waals surface area contributed by atoms with Gasteiger partial charge in [0.05, 0.1) is 22.1 Å². The molecule has 2 heterocycles. The lowest BCUT2D eigenvalue weighted by Gasteiger charge is -2.27. The molecule has 0 bridgehead atoms. The maximum Gasteiger partial charge on any atom is 0.186 e. The van der Waals surface area contributed by atoms with Gasteiger partial charge in [0.25, 0.3) is 0 Å². The van der Waals surface area contributed by atoms with Gasteiger partial charge in [0.2, 0.25) is 0 Å². The van der Waals surface area contributed by atoms with Crippen LogP contribution in [0.2, 0.25) is 0 Å². The Morgan fingerprint density at radius 3 is 0.920 bits per heavy atom. The molecule has 0 amide bonds. The van der Waals surface area contributed by atoms with Crippen LogP contribution >= 0.6 is 0 Å². The Morgan fingerprint density at radius 2 is 0.640 bits per heavy atom. The summed E-state index contributed by atoms with van der Waals surface area (Å²) >= 11 is 0. The van der Waals surface area contributed by atoms with E-state index in [4.69, 9.17) is 0 Å². The van der Waals surface area contributed by atoms with Gasteiger partial charge >= 0.3 is 0 Å². The van der Waals surface area contributed by atoms with E-state index in [1.807, 2.05) is 0 Å². The zero-order valence-electron chi connectivity index (χ0n) is 31.8. The summed E-state index contributed by atoms with van der Waals surface area (Å²) in [6.07, 6.45) is 0. The van der Waals surface area contributed by atoms with Crippen LogP contribution in [0.15, 0.2) is 84.9 Å². The fourth-order valence-corrected chi connectivity index (χ4v) is 7.70. The smallest absolute Gasteiger partial charge is 0.186 e. The van der Waals surface area contributed by atoms with Gasteiger partial charge in [-0.2, -0.15) is 0 Å². The summed E-state index contributed by atoms with van der Waals surface area (Å²) < 4.78 is 4.70. The molecule has 0 saturated heterocycles. The van der Waals surface area contributed by atoms with E-state index in [0.29, 0.717) is 0 Å². The van der Waals surface area contributed by atoms with Crippen LogP contribution in [0.4, 0.5) is 0 Å². The van der Waals surface area contributed by atoms with Crippen LogP contribution in [0.5, 0.6) is 11.5 Å². The molecule has 7 aromatic rings. The molecule has 4 heteroatoms. The van der Waals surface area contributed by atoms with E-state index in [-0.39, 0.29) is 33.2 Å². The third-order valence-corrected chi connectivity index (χ3v) is 10.4. The number of benzene rings is 5. The number of nitrogens with zero attached hydrogens (tertiary/aromatic N) is 2. The molecule has 0 aliphatic rings. The summed E-state index contributed by atoms with van der Waals surface area (Å²) in [5, 5.41) is 32.5. The van der Waals surface area contributed by atoms with Crippen molar-refractivity contribution in [3.8, 4) is 22.9 Å². The molecule has 0 atom stereocenters. The average Bonchev–Trinajstić information content (AvgIpc) is 3.50. The van der Waals surface area contributed by atoms with E-state index in [2.05, 4.69) is 177 Å². The molecule has 0 saturated carbocycles. The van der Waals surface area contributed by atoms with Crippen molar-refractivity contribution in [2.45, 2.75) is 105 Å². The first kappa shape index (κ1) is 33.8. The topological polar surface area (TPSA) is 49.7 Å². The van der Waals surface area contributed by atoms with E-state index in [0.717, 1.165) is 77.2 Å². The lowest BCUT2D eigenvalue weighted by Crippen LogP contribution is -2.18. The van der Waals surface area contributed by atoms with Crippen LogP contribution < -0.4 is 0 Å². The third-order valence-electron chi connectivity index (χ3n) is 10.4. The molecule has 0 spiro atoms. The van der Waals surface area contributed by atoms with Crippen molar-refractivity contribution in [2.24, 2.45) is 0 Å². The Labute approximate surface area is 297 Å². The molecule has 7 rings (SSSR count). The molecular weight excluding hydrogens is 613 g/mol. The predicted molar refractivity (Wildman–Crippen MR) is 210 cm³/mol. The standard InChI is InChI=1S/C46H50N2O2/c1-43(2,3)33-21-27(22-34(41(33)49)44(4,5)6)47-37-19-15-13-17-29(37)31-26-40-32(25-39(31)47)30-18-14-16-20-38(30)48(40)28-23-35(45(7,8)9)42(50)36(24-28)46(10,11)12/h13-26H,1-12H3. The Hall–Kier alpha value is -4.70. The van der Waals surface area contributed by atoms with Gasteiger partial charge in [0.15, 0.2) is 11.5 Å². The Kier molecular flexibility index (Phi) is 7.36. The highest BCUT2D eigenvalue weighted by Crippen LogP contribution is 2.46. The number of aromatic nitrogens is 2. The molecule has 0 N–H and O–H groups in total. The summed E-state index contributed by atoms with van der Waals surface area (Å²) in [5.41, 5.74) is 8.46. The minimum Gasteiger partial charge on any atom is -0.309 e. The molecule has 0 aliphatic heterocycles. The fourth-order valence-electron chi connectivity index (χ4n) is 7.70. The molecule has 2 radical (unpaired) electrons. The zero-order chi connectivity index (χ0) is 36.3. The van der Waals surface area contributed by atoms with Crippen LogP contribution in [-0.2, 0) is 31.9 Å². The predicted octanol–water partition coefficient (Wildman–Crippen LogP) is 13.4. The van der Waals surface area contributed by atoms with Crippen molar-refractivity contribution in [2.75, 3.05) is 0 Å². The van der Waals surface area contributed by atoms with Gasteiger partial charge in [0.1, 0.15) is 0 Å². The zero-order valence-corrected chi connectivity index (χ0v) is 31.8. The molecule has 0 aliphatic carbocycles. The second-order valence-corrected chi connectivity index (χ2v) is 18.3. The van der Waals surface area contributed by atoms with Gasteiger partial charge < -0.3 is 9.13 Å². The van der Waals surface area contributed by atoms with Gasteiger partial charge in [-0.3, -0.25) is 10.2 Å². The number of hydrogen-bond donors (Lipinski definition) is 0. The molecule has 5 aromatic carbocycles. The quantitative estimate of drug-likeness (QED) is 0.177. The van der Waals surface area contributed by atoms with E-state index in [1.165, 1.54) is 0 Å². The fraction of sp³-hybridized carbons (Fsp3) is 0.348. The SMILES string of the molecule is CC(C)(C)c1cc(-n2c3ccccc3c3cc4c(cc32)c2ccccc2n4-c2cc(C(C)(C)C)c([O])c(C(C)(C)C)c2)cc(C(C)(C)C)c1[O]. The van der Waals surface area contributed by atoms with Crippen LogP contribution in [0, 0.1) is 0 Å². The van der Waals surface area contributed by atoms with Crippen LogP contribution in [0.1, 0.15) is 105 Å². The number of fused-ring (bicyclic) bond motifs is 6. The number of para-hydroxylation sites is 2. The highest BCUT2D eigenvalue weighted by Gasteiger charge is 2.31. The first-order valence-electron chi connectivity index (χ1n) is 17.9. The lowest BCUT2D eigenvalue weighted by molar-refractivity contribution is 0.326. The van der Waals surface area contributed by atoms with Gasteiger partial charge in [-0.05, 0) is 70.2 Å². The number of hydrogen-bond acceptors (Lipinski definition) is 0. The molecule has 0 unspecified atom stereocenters. The summed E-state index contributed by atoms with van der Waals surface area (Å²) in [6.45, 7) is 25.5. The minimum absolute atomic E-state index is 0.133. The first-order chi connectivity index (χ1) is 23.2. The van der Waals surface area contributed by atoms with Crippen LogP contribution in [-0.4, -0.2) is 9.13 Å². The van der Waals surface area contributed by atoms with Crippen LogP contribution in [0.25, 0.3) is 55.0 Å². The second kappa shape index (κ2) is 10.9. The average molecular weight is 663 g/mol. The number of rotatable bonds is 2. The monoisotopic (exact) mass is 662 g/mol. The molecule has 4 nitrogen and oxygen atoms in total. The van der Waals surface area contributed by atoms with E-state index in [9.17, 15) is 10.2 Å². The summed E-state index contributed by atoms with van der Waals surface area (Å²) in [6, 6.07) is 30.3. The largest absolute Gasteiger partial charge is 0.309 e. The second-order valence-electron chi connectivity index (χ2n) is 18.3. The van der Waals surface area contributed by atoms with Crippen molar-refractivity contribution in [3.63, 3.8) is 0 Å². The van der Waals surface area contributed by atoms with E-state index >= 15 is 0 Å². The lowest BCUT2D eigenvalue weighted by atomic mass is 9.79. The summed E-state index contributed by atoms with van der Waals surface area (Å²) in [4.78, 5) is 0. The van der Waals surface area contributed by atoms with Crippen molar-refractivity contribution < 1.29 is 10.2 Å². The molecule has 50 heavy (non-hydrogen) atoms. The molecule has 256 valence electrons. The molecule has 2 aromatic heterocycles. The maximum absolute atomic E-state index is 13.9. The van der Waals surface area contributed by atoms with Gasteiger partial charge in [-0.15, -0.1) is 0 Å². The van der Waals surface area contributed by atoms with Crippen molar-refractivity contribution in [1.82, 2.24) is 9.13 Å². The summed E-state index contributed by atoms with van der Waals surface area (Å²) in [5.74, 6) is 0.265. The summed E-state index contributed by atoms with van der Waals surface area (Å²) in [7, 11) is 0. The Bertz CT molecular complexity index is 2230. The minimum atomic E-state index is -0.315. The van der Waals surface area contributed by atoms with Crippen molar-refractivity contribution in [3.05, 3.63) is 107 Å². The Morgan fingerprint density at radius 1 is 0.360 bits per heavy atom. The normalized spacial score (nSPS) is 13.4. The Balaban J connectivity index is 1.64. The van der Waals surface area contributed by atoms with Gasteiger partial charge in [-0.25, -0.2) is 0 Å². The highest BCUT2D eigenvalue weighted by atomic mass is 16.3.